The third kappa shape index (κ3) is 3.35. The first-order valence-electron chi connectivity index (χ1n) is 9.28. The highest BCUT2D eigenvalue weighted by Gasteiger charge is 2.29. The Kier molecular flexibility index (Phi) is 5.00. The zero-order valence-corrected chi connectivity index (χ0v) is 17.4. The van der Waals surface area contributed by atoms with Crippen molar-refractivity contribution in [3.63, 3.8) is 0 Å². The van der Waals surface area contributed by atoms with Crippen LogP contribution in [0.1, 0.15) is 31.2 Å². The van der Waals surface area contributed by atoms with Crippen molar-refractivity contribution in [1.82, 2.24) is 14.4 Å². The number of aryl methyl sites for hydroxylation is 1. The molecule has 28 heavy (non-hydrogen) atoms. The average molecular weight is 420 g/mol. The topological polar surface area (TPSA) is 79.7 Å². The minimum atomic E-state index is -0.149. The summed E-state index contributed by atoms with van der Waals surface area (Å²) in [5, 5.41) is 10.6. The van der Waals surface area contributed by atoms with Crippen LogP contribution in [0.3, 0.4) is 0 Å². The summed E-state index contributed by atoms with van der Waals surface area (Å²) in [6, 6.07) is 5.52. The van der Waals surface area contributed by atoms with Gasteiger partial charge in [0.2, 0.25) is 5.95 Å². The molecule has 3 heterocycles. The highest BCUT2D eigenvalue weighted by Crippen LogP contribution is 2.38. The zero-order valence-electron chi connectivity index (χ0n) is 15.9. The van der Waals surface area contributed by atoms with Crippen LogP contribution in [0.15, 0.2) is 24.4 Å². The number of aliphatic hydroxyl groups excluding tert-OH is 1. The summed E-state index contributed by atoms with van der Waals surface area (Å²) in [7, 11) is 0. The van der Waals surface area contributed by atoms with Gasteiger partial charge in [-0.1, -0.05) is 35.3 Å². The second-order valence-corrected chi connectivity index (χ2v) is 8.48. The Labute approximate surface area is 173 Å². The van der Waals surface area contributed by atoms with E-state index in [2.05, 4.69) is 16.8 Å². The number of halogens is 2. The lowest BCUT2D eigenvalue weighted by molar-refractivity contribution is 0.277. The van der Waals surface area contributed by atoms with Crippen molar-refractivity contribution < 1.29 is 5.11 Å². The number of benzene rings is 1. The third-order valence-electron chi connectivity index (χ3n) is 5.40. The number of nitrogens with zero attached hydrogens (tertiary/aromatic N) is 4. The molecule has 0 amide bonds. The standard InChI is InChI=1S/C20H23Cl2N5O/c1-12-16(14-4-3-5-15(21)17(14)22)18-25-13(11-28)10-27(18)19(24-12)26-8-6-20(2,23)7-9-26/h3-5,10,28H,6-9,11,23H2,1-2H3. The third-order valence-corrected chi connectivity index (χ3v) is 6.21. The second kappa shape index (κ2) is 7.19. The first kappa shape index (κ1) is 19.5. The predicted molar refractivity (Wildman–Crippen MR) is 113 cm³/mol. The second-order valence-electron chi connectivity index (χ2n) is 7.70. The largest absolute Gasteiger partial charge is 0.390 e. The Morgan fingerprint density at radius 3 is 2.61 bits per heavy atom. The molecule has 1 saturated heterocycles. The molecular weight excluding hydrogens is 397 g/mol. The summed E-state index contributed by atoms with van der Waals surface area (Å²) in [5.41, 5.74) is 9.83. The van der Waals surface area contributed by atoms with Gasteiger partial charge in [0.05, 0.1) is 28.0 Å². The van der Waals surface area contributed by atoms with E-state index < -0.39 is 0 Å². The van der Waals surface area contributed by atoms with Gasteiger partial charge in [-0.2, -0.15) is 0 Å². The molecule has 3 aromatic rings. The van der Waals surface area contributed by atoms with Gasteiger partial charge in [0, 0.05) is 36.0 Å². The van der Waals surface area contributed by atoms with Crippen LogP contribution in [0, 0.1) is 6.92 Å². The van der Waals surface area contributed by atoms with Crippen molar-refractivity contribution in [2.45, 2.75) is 38.8 Å². The Hall–Kier alpha value is -1.86. The first-order chi connectivity index (χ1) is 13.3. The molecule has 148 valence electrons. The molecule has 0 unspecified atom stereocenters. The molecule has 0 spiro atoms. The molecule has 0 radical (unpaired) electrons. The van der Waals surface area contributed by atoms with Crippen molar-refractivity contribution in [3.05, 3.63) is 45.8 Å². The summed E-state index contributed by atoms with van der Waals surface area (Å²) in [5.74, 6) is 0.803. The Morgan fingerprint density at radius 2 is 1.93 bits per heavy atom. The highest BCUT2D eigenvalue weighted by atomic mass is 35.5. The molecule has 0 atom stereocenters. The number of hydrogen-bond acceptors (Lipinski definition) is 5. The number of rotatable bonds is 3. The summed E-state index contributed by atoms with van der Waals surface area (Å²) in [6.45, 7) is 5.52. The Balaban J connectivity index is 1.91. The molecule has 4 rings (SSSR count). The van der Waals surface area contributed by atoms with E-state index in [1.165, 1.54) is 0 Å². The van der Waals surface area contributed by atoms with E-state index in [4.69, 9.17) is 33.9 Å². The lowest BCUT2D eigenvalue weighted by atomic mass is 9.91. The minimum absolute atomic E-state index is 0.149. The molecular formula is C20H23Cl2N5O. The molecule has 8 heteroatoms. The van der Waals surface area contributed by atoms with Gasteiger partial charge in [-0.25, -0.2) is 9.97 Å². The highest BCUT2D eigenvalue weighted by molar-refractivity contribution is 6.43. The van der Waals surface area contributed by atoms with Crippen molar-refractivity contribution in [2.24, 2.45) is 5.73 Å². The van der Waals surface area contributed by atoms with Crippen LogP contribution in [0.5, 0.6) is 0 Å². The maximum Gasteiger partial charge on any atom is 0.211 e. The normalized spacial score (nSPS) is 16.7. The number of imidazole rings is 1. The fourth-order valence-electron chi connectivity index (χ4n) is 3.71. The van der Waals surface area contributed by atoms with E-state index in [0.717, 1.165) is 48.7 Å². The van der Waals surface area contributed by atoms with Crippen molar-refractivity contribution in [3.8, 4) is 11.1 Å². The number of aliphatic hydroxyl groups is 1. The quantitative estimate of drug-likeness (QED) is 0.674. The Bertz CT molecular complexity index is 1040. The van der Waals surface area contributed by atoms with E-state index in [1.807, 2.05) is 29.7 Å². The van der Waals surface area contributed by atoms with Crippen LogP contribution >= 0.6 is 23.2 Å². The fraction of sp³-hybridized carbons (Fsp3) is 0.400. The summed E-state index contributed by atoms with van der Waals surface area (Å²) in [6.07, 6.45) is 3.60. The SMILES string of the molecule is Cc1nc(N2CCC(C)(N)CC2)n2cc(CO)nc2c1-c1cccc(Cl)c1Cl. The van der Waals surface area contributed by atoms with Crippen LogP contribution in [-0.2, 0) is 6.61 Å². The number of anilines is 1. The number of nitrogens with two attached hydrogens (primary N) is 1. The van der Waals surface area contributed by atoms with Crippen LogP contribution in [0.2, 0.25) is 10.0 Å². The van der Waals surface area contributed by atoms with Gasteiger partial charge >= 0.3 is 0 Å². The van der Waals surface area contributed by atoms with Gasteiger partial charge < -0.3 is 15.7 Å². The van der Waals surface area contributed by atoms with Crippen LogP contribution < -0.4 is 10.6 Å². The predicted octanol–water partition coefficient (Wildman–Crippen LogP) is 3.82. The molecule has 0 bridgehead atoms. The van der Waals surface area contributed by atoms with E-state index in [-0.39, 0.29) is 12.1 Å². The van der Waals surface area contributed by atoms with Gasteiger partial charge in [0.25, 0.3) is 0 Å². The summed E-state index contributed by atoms with van der Waals surface area (Å²) >= 11 is 12.7. The maximum absolute atomic E-state index is 9.66. The molecule has 1 fully saturated rings. The van der Waals surface area contributed by atoms with Crippen molar-refractivity contribution in [2.75, 3.05) is 18.0 Å². The van der Waals surface area contributed by atoms with E-state index in [9.17, 15) is 5.11 Å². The summed E-state index contributed by atoms with van der Waals surface area (Å²) < 4.78 is 1.93. The van der Waals surface area contributed by atoms with Gasteiger partial charge in [-0.15, -0.1) is 0 Å². The van der Waals surface area contributed by atoms with Gasteiger partial charge in [-0.05, 0) is 32.8 Å². The van der Waals surface area contributed by atoms with E-state index in [1.54, 1.807) is 6.07 Å². The lowest BCUT2D eigenvalue weighted by Gasteiger charge is -2.37. The number of piperidine rings is 1. The molecule has 0 saturated carbocycles. The van der Waals surface area contributed by atoms with Crippen LogP contribution in [0.25, 0.3) is 16.8 Å². The fourth-order valence-corrected chi connectivity index (χ4v) is 4.10. The molecule has 3 N–H and O–H groups in total. The molecule has 2 aromatic heterocycles. The van der Waals surface area contributed by atoms with E-state index in [0.29, 0.717) is 21.4 Å². The molecule has 1 aliphatic heterocycles. The van der Waals surface area contributed by atoms with Crippen LogP contribution in [0.4, 0.5) is 5.95 Å². The number of fused-ring (bicyclic) bond motifs is 1. The smallest absolute Gasteiger partial charge is 0.211 e. The van der Waals surface area contributed by atoms with Crippen molar-refractivity contribution >= 4 is 34.8 Å². The van der Waals surface area contributed by atoms with E-state index >= 15 is 0 Å². The lowest BCUT2D eigenvalue weighted by Crippen LogP contribution is -2.48. The Morgan fingerprint density at radius 1 is 1.21 bits per heavy atom. The molecule has 1 aromatic carbocycles. The zero-order chi connectivity index (χ0) is 20.1. The summed E-state index contributed by atoms with van der Waals surface area (Å²) in [4.78, 5) is 11.8. The molecule has 0 aliphatic carbocycles. The van der Waals surface area contributed by atoms with Gasteiger partial charge in [0.1, 0.15) is 5.65 Å². The van der Waals surface area contributed by atoms with Crippen molar-refractivity contribution in [1.29, 1.82) is 0 Å². The minimum Gasteiger partial charge on any atom is -0.390 e. The first-order valence-corrected chi connectivity index (χ1v) is 10.0. The molecule has 1 aliphatic rings. The monoisotopic (exact) mass is 419 g/mol. The van der Waals surface area contributed by atoms with Gasteiger partial charge in [-0.3, -0.25) is 4.40 Å². The molecule has 6 nitrogen and oxygen atoms in total. The number of hydrogen-bond donors (Lipinski definition) is 2. The van der Waals surface area contributed by atoms with Crippen LogP contribution in [-0.4, -0.2) is 38.1 Å². The number of aromatic nitrogens is 3. The van der Waals surface area contributed by atoms with Gasteiger partial charge in [0.15, 0.2) is 0 Å². The average Bonchev–Trinajstić information content (AvgIpc) is 3.08. The maximum atomic E-state index is 9.66.